The minimum absolute atomic E-state index is 0.0375. The Kier molecular flexibility index (Phi) is 3.82. The Labute approximate surface area is 80.7 Å². The Balaban J connectivity index is 2.54. The van der Waals surface area contributed by atoms with Crippen LogP contribution in [-0.2, 0) is 9.53 Å². The highest BCUT2D eigenvalue weighted by Crippen LogP contribution is 2.22. The van der Waals surface area contributed by atoms with Crippen LogP contribution in [0.1, 0.15) is 6.42 Å². The van der Waals surface area contributed by atoms with Crippen LogP contribution in [0, 0.1) is 5.92 Å². The number of carbonyl (C=O) groups is 1. The second-order valence-electron chi connectivity index (χ2n) is 3.39. The lowest BCUT2D eigenvalue weighted by Crippen LogP contribution is -2.51. The van der Waals surface area contributed by atoms with E-state index < -0.39 is 36.8 Å². The number of aliphatic hydroxyl groups excluding tert-OH is 3. The third-order valence-electron chi connectivity index (χ3n) is 2.35. The molecule has 0 saturated carbocycles. The summed E-state index contributed by atoms with van der Waals surface area (Å²) < 4.78 is 5.00. The fourth-order valence-electron chi connectivity index (χ4n) is 1.51. The first-order valence-electron chi connectivity index (χ1n) is 4.36. The molecule has 4 N–H and O–H groups in total. The number of aliphatic carboxylic acids is 1. The average molecular weight is 206 g/mol. The van der Waals surface area contributed by atoms with E-state index >= 15 is 0 Å². The molecular formula is C8H14O6. The van der Waals surface area contributed by atoms with Crippen LogP contribution < -0.4 is 0 Å². The summed E-state index contributed by atoms with van der Waals surface area (Å²) in [6.07, 6.45) is -3.46. The minimum atomic E-state index is -1.22. The standard InChI is InChI=1S/C8H14O6/c9-2-5-8(13)7(12)4(3-14-5)1-6(10)11/h4-5,7-9,12-13H,1-3H2,(H,10,11)/t4-,5+,7+,8+/m0/s1. The molecule has 0 bridgehead atoms. The third kappa shape index (κ3) is 2.42. The van der Waals surface area contributed by atoms with Gasteiger partial charge >= 0.3 is 5.97 Å². The lowest BCUT2D eigenvalue weighted by molar-refractivity contribution is -0.180. The van der Waals surface area contributed by atoms with Crippen molar-refractivity contribution in [2.75, 3.05) is 13.2 Å². The van der Waals surface area contributed by atoms with Crippen molar-refractivity contribution in [1.82, 2.24) is 0 Å². The lowest BCUT2D eigenvalue weighted by Gasteiger charge is -2.36. The summed E-state index contributed by atoms with van der Waals surface area (Å²) in [5.41, 5.74) is 0. The molecule has 0 spiro atoms. The molecule has 1 heterocycles. The van der Waals surface area contributed by atoms with E-state index in [-0.39, 0.29) is 13.0 Å². The largest absolute Gasteiger partial charge is 0.481 e. The third-order valence-corrected chi connectivity index (χ3v) is 2.35. The van der Waals surface area contributed by atoms with Crippen LogP contribution >= 0.6 is 0 Å². The van der Waals surface area contributed by atoms with Crippen molar-refractivity contribution >= 4 is 5.97 Å². The number of carboxylic acid groups (broad SMARTS) is 1. The van der Waals surface area contributed by atoms with Gasteiger partial charge < -0.3 is 25.2 Å². The normalized spacial score (nSPS) is 38.2. The Morgan fingerprint density at radius 3 is 2.50 bits per heavy atom. The van der Waals surface area contributed by atoms with Gasteiger partial charge in [-0.3, -0.25) is 4.79 Å². The zero-order valence-corrected chi connectivity index (χ0v) is 7.54. The molecule has 0 unspecified atom stereocenters. The van der Waals surface area contributed by atoms with E-state index in [0.717, 1.165) is 0 Å². The maximum Gasteiger partial charge on any atom is 0.303 e. The molecule has 14 heavy (non-hydrogen) atoms. The van der Waals surface area contributed by atoms with Crippen LogP contribution in [0.5, 0.6) is 0 Å². The second kappa shape index (κ2) is 4.70. The van der Waals surface area contributed by atoms with Crippen LogP contribution in [0.15, 0.2) is 0 Å². The quantitative estimate of drug-likeness (QED) is 0.433. The summed E-state index contributed by atoms with van der Waals surface area (Å²) in [4.78, 5) is 10.4. The average Bonchev–Trinajstić information content (AvgIpc) is 2.13. The summed E-state index contributed by atoms with van der Waals surface area (Å²) in [6, 6.07) is 0. The molecule has 0 aromatic rings. The van der Waals surface area contributed by atoms with Crippen LogP contribution in [0.3, 0.4) is 0 Å². The first kappa shape index (κ1) is 11.4. The van der Waals surface area contributed by atoms with Gasteiger partial charge in [0, 0.05) is 5.92 Å². The SMILES string of the molecule is O=C(O)C[C@H]1CO[C@H](CO)[C@@H](O)[C@@H]1O. The van der Waals surface area contributed by atoms with Gasteiger partial charge in [-0.25, -0.2) is 0 Å². The van der Waals surface area contributed by atoms with Crippen LogP contribution in [0.4, 0.5) is 0 Å². The first-order valence-corrected chi connectivity index (χ1v) is 4.36. The highest BCUT2D eigenvalue weighted by molar-refractivity contribution is 5.67. The number of hydrogen-bond acceptors (Lipinski definition) is 5. The number of rotatable bonds is 3. The molecule has 1 fully saturated rings. The predicted molar refractivity (Wildman–Crippen MR) is 44.6 cm³/mol. The molecule has 4 atom stereocenters. The summed E-state index contributed by atoms with van der Waals surface area (Å²) in [6.45, 7) is -0.353. The smallest absolute Gasteiger partial charge is 0.303 e. The highest BCUT2D eigenvalue weighted by Gasteiger charge is 2.38. The number of carboxylic acids is 1. The Morgan fingerprint density at radius 2 is 2.00 bits per heavy atom. The number of aliphatic hydroxyl groups is 3. The Morgan fingerprint density at radius 1 is 1.36 bits per heavy atom. The fraction of sp³-hybridized carbons (Fsp3) is 0.875. The Bertz CT molecular complexity index is 206. The topological polar surface area (TPSA) is 107 Å². The molecular weight excluding hydrogens is 192 g/mol. The molecule has 0 aromatic heterocycles. The van der Waals surface area contributed by atoms with E-state index in [2.05, 4.69) is 0 Å². The molecule has 1 rings (SSSR count). The van der Waals surface area contributed by atoms with Gasteiger partial charge in [-0.1, -0.05) is 0 Å². The van der Waals surface area contributed by atoms with Crippen LogP contribution in [0.2, 0.25) is 0 Å². The zero-order chi connectivity index (χ0) is 10.7. The van der Waals surface area contributed by atoms with E-state index in [0.29, 0.717) is 0 Å². The maximum atomic E-state index is 10.4. The monoisotopic (exact) mass is 206 g/mol. The first-order chi connectivity index (χ1) is 6.56. The molecule has 0 radical (unpaired) electrons. The minimum Gasteiger partial charge on any atom is -0.481 e. The molecule has 6 heteroatoms. The van der Waals surface area contributed by atoms with Gasteiger partial charge in [0.25, 0.3) is 0 Å². The summed E-state index contributed by atoms with van der Waals surface area (Å²) in [5.74, 6) is -1.67. The molecule has 1 aliphatic heterocycles. The molecule has 0 amide bonds. The maximum absolute atomic E-state index is 10.4. The van der Waals surface area contributed by atoms with Gasteiger partial charge in [0.2, 0.25) is 0 Å². The Hall–Kier alpha value is -0.690. The van der Waals surface area contributed by atoms with Gasteiger partial charge in [0.1, 0.15) is 12.2 Å². The van der Waals surface area contributed by atoms with E-state index in [4.69, 9.17) is 14.9 Å². The van der Waals surface area contributed by atoms with Gasteiger partial charge in [-0.05, 0) is 0 Å². The molecule has 1 saturated heterocycles. The van der Waals surface area contributed by atoms with Gasteiger partial charge in [-0.15, -0.1) is 0 Å². The highest BCUT2D eigenvalue weighted by atomic mass is 16.5. The lowest BCUT2D eigenvalue weighted by atomic mass is 9.90. The molecule has 0 aromatic carbocycles. The zero-order valence-electron chi connectivity index (χ0n) is 7.54. The summed E-state index contributed by atoms with van der Waals surface area (Å²) in [5, 5.41) is 36.1. The van der Waals surface area contributed by atoms with E-state index in [9.17, 15) is 15.0 Å². The fourth-order valence-corrected chi connectivity index (χ4v) is 1.51. The predicted octanol–water partition coefficient (Wildman–Crippen LogP) is -1.81. The number of hydrogen-bond donors (Lipinski definition) is 4. The number of ether oxygens (including phenoxy) is 1. The molecule has 82 valence electrons. The summed E-state index contributed by atoms with van der Waals surface area (Å²) >= 11 is 0. The van der Waals surface area contributed by atoms with Crippen molar-refractivity contribution in [2.45, 2.75) is 24.7 Å². The van der Waals surface area contributed by atoms with Crippen molar-refractivity contribution in [3.05, 3.63) is 0 Å². The van der Waals surface area contributed by atoms with Gasteiger partial charge in [0.05, 0.1) is 25.7 Å². The summed E-state index contributed by atoms with van der Waals surface area (Å²) in [7, 11) is 0. The van der Waals surface area contributed by atoms with E-state index in [1.54, 1.807) is 0 Å². The van der Waals surface area contributed by atoms with Crippen LogP contribution in [-0.4, -0.2) is 57.9 Å². The molecule has 1 aliphatic rings. The van der Waals surface area contributed by atoms with Crippen molar-refractivity contribution in [1.29, 1.82) is 0 Å². The second-order valence-corrected chi connectivity index (χ2v) is 3.39. The van der Waals surface area contributed by atoms with Crippen LogP contribution in [0.25, 0.3) is 0 Å². The van der Waals surface area contributed by atoms with Crippen molar-refractivity contribution in [3.8, 4) is 0 Å². The van der Waals surface area contributed by atoms with Crippen molar-refractivity contribution in [2.24, 2.45) is 5.92 Å². The van der Waals surface area contributed by atoms with Gasteiger partial charge in [0.15, 0.2) is 0 Å². The van der Waals surface area contributed by atoms with Crippen molar-refractivity contribution in [3.63, 3.8) is 0 Å². The molecule has 0 aliphatic carbocycles. The van der Waals surface area contributed by atoms with E-state index in [1.807, 2.05) is 0 Å². The van der Waals surface area contributed by atoms with E-state index in [1.165, 1.54) is 0 Å². The van der Waals surface area contributed by atoms with Gasteiger partial charge in [-0.2, -0.15) is 0 Å². The molecule has 6 nitrogen and oxygen atoms in total. The van der Waals surface area contributed by atoms with Crippen molar-refractivity contribution < 1.29 is 30.0 Å².